The molecule has 0 atom stereocenters. The zero-order valence-electron chi connectivity index (χ0n) is 13.6. The lowest BCUT2D eigenvalue weighted by molar-refractivity contribution is 0.102. The molecule has 7 heteroatoms. The first-order valence-electron chi connectivity index (χ1n) is 7.45. The predicted molar refractivity (Wildman–Crippen MR) is 94.0 cm³/mol. The van der Waals surface area contributed by atoms with E-state index in [1.165, 1.54) is 35.5 Å². The molecule has 0 saturated carbocycles. The van der Waals surface area contributed by atoms with Crippen LogP contribution in [0, 0.1) is 0 Å². The Morgan fingerprint density at radius 1 is 1.08 bits per heavy atom. The summed E-state index contributed by atoms with van der Waals surface area (Å²) in [6.45, 7) is 6.52. The number of hydrogen-bond donors (Lipinski definition) is 1. The van der Waals surface area contributed by atoms with Gasteiger partial charge < -0.3 is 0 Å². The molecule has 122 valence electrons. The summed E-state index contributed by atoms with van der Waals surface area (Å²) in [5, 5.41) is 12.0. The molecule has 0 unspecified atom stereocenters. The van der Waals surface area contributed by atoms with Crippen molar-refractivity contribution in [2.24, 2.45) is 0 Å². The Hall–Kier alpha value is -2.67. The van der Waals surface area contributed by atoms with E-state index >= 15 is 0 Å². The number of nitrogens with zero attached hydrogens (tertiary/aromatic N) is 4. The van der Waals surface area contributed by atoms with E-state index in [0.29, 0.717) is 5.13 Å². The van der Waals surface area contributed by atoms with E-state index in [9.17, 15) is 4.79 Å². The van der Waals surface area contributed by atoms with Gasteiger partial charge in [-0.25, -0.2) is 4.98 Å². The zero-order chi connectivity index (χ0) is 17.2. The number of hydrogen-bond acceptors (Lipinski definition) is 6. The molecular formula is C17H17N5OS. The Balaban J connectivity index is 1.75. The molecule has 0 fully saturated rings. The minimum absolute atomic E-state index is 0.107. The Bertz CT molecular complexity index is 837. The number of amides is 1. The summed E-state index contributed by atoms with van der Waals surface area (Å²) >= 11 is 1.32. The minimum Gasteiger partial charge on any atom is -0.295 e. The van der Waals surface area contributed by atoms with Gasteiger partial charge in [-0.15, -0.1) is 10.2 Å². The van der Waals surface area contributed by atoms with Gasteiger partial charge in [0.1, 0.15) is 10.7 Å². The molecule has 0 spiro atoms. The van der Waals surface area contributed by atoms with Crippen LogP contribution in [0.15, 0.2) is 42.9 Å². The minimum atomic E-state index is -0.353. The van der Waals surface area contributed by atoms with Crippen LogP contribution in [0.3, 0.4) is 0 Å². The average molecular weight is 339 g/mol. The Kier molecular flexibility index (Phi) is 4.35. The van der Waals surface area contributed by atoms with Crippen LogP contribution < -0.4 is 5.32 Å². The highest BCUT2D eigenvalue weighted by molar-refractivity contribution is 7.18. The largest absolute Gasteiger partial charge is 0.295 e. The quantitative estimate of drug-likeness (QED) is 0.789. The van der Waals surface area contributed by atoms with Crippen molar-refractivity contribution < 1.29 is 4.79 Å². The monoisotopic (exact) mass is 339 g/mol. The summed E-state index contributed by atoms with van der Waals surface area (Å²) in [7, 11) is 0. The molecule has 0 aliphatic rings. The highest BCUT2D eigenvalue weighted by Crippen LogP contribution is 2.29. The molecule has 1 N–H and O–H groups in total. The van der Waals surface area contributed by atoms with Gasteiger partial charge >= 0.3 is 0 Å². The maximum absolute atomic E-state index is 12.0. The van der Waals surface area contributed by atoms with Crippen molar-refractivity contribution in [2.45, 2.75) is 26.2 Å². The molecule has 0 aliphatic heterocycles. The van der Waals surface area contributed by atoms with E-state index < -0.39 is 0 Å². The first-order valence-corrected chi connectivity index (χ1v) is 8.27. The molecular weight excluding hydrogens is 322 g/mol. The summed E-state index contributed by atoms with van der Waals surface area (Å²) in [5.41, 5.74) is 2.58. The third-order valence-corrected chi connectivity index (χ3v) is 4.33. The van der Waals surface area contributed by atoms with E-state index in [-0.39, 0.29) is 17.0 Å². The normalized spacial score (nSPS) is 11.3. The molecule has 2 aromatic heterocycles. The van der Waals surface area contributed by atoms with Gasteiger partial charge in [0.05, 0.1) is 6.20 Å². The maximum Gasteiger partial charge on any atom is 0.277 e. The number of aromatic nitrogens is 4. The summed E-state index contributed by atoms with van der Waals surface area (Å²) in [5.74, 6) is -0.353. The Morgan fingerprint density at radius 2 is 1.83 bits per heavy atom. The highest BCUT2D eigenvalue weighted by atomic mass is 32.1. The van der Waals surface area contributed by atoms with Gasteiger partial charge in [-0.05, 0) is 11.0 Å². The number of benzene rings is 1. The molecule has 1 aromatic carbocycles. The van der Waals surface area contributed by atoms with Crippen LogP contribution in [0.2, 0.25) is 0 Å². The second kappa shape index (κ2) is 6.45. The zero-order valence-corrected chi connectivity index (χ0v) is 14.5. The fraction of sp³-hybridized carbons (Fsp3) is 0.235. The number of anilines is 1. The number of carbonyl (C=O) groups excluding carboxylic acids is 1. The van der Waals surface area contributed by atoms with Gasteiger partial charge in [0.25, 0.3) is 5.91 Å². The second-order valence-electron chi connectivity index (χ2n) is 6.28. The average Bonchev–Trinajstić information content (AvgIpc) is 3.03. The fourth-order valence-corrected chi connectivity index (χ4v) is 2.82. The van der Waals surface area contributed by atoms with Crippen molar-refractivity contribution in [2.75, 3.05) is 5.32 Å². The standard InChI is InChI=1S/C17H17N5OS/c1-17(2,3)12-6-4-11(5-7-12)15-21-22-16(24-15)20-14(23)13-10-18-8-9-19-13/h4-10H,1-3H3,(H,20,22,23). The first-order chi connectivity index (χ1) is 11.4. The summed E-state index contributed by atoms with van der Waals surface area (Å²) in [4.78, 5) is 19.9. The van der Waals surface area contributed by atoms with E-state index in [1.54, 1.807) is 0 Å². The van der Waals surface area contributed by atoms with Crippen LogP contribution in [-0.2, 0) is 5.41 Å². The van der Waals surface area contributed by atoms with Crippen molar-refractivity contribution in [1.82, 2.24) is 20.2 Å². The van der Waals surface area contributed by atoms with Crippen LogP contribution in [0.4, 0.5) is 5.13 Å². The fourth-order valence-electron chi connectivity index (χ4n) is 2.08. The van der Waals surface area contributed by atoms with Crippen LogP contribution in [0.25, 0.3) is 10.6 Å². The van der Waals surface area contributed by atoms with Crippen molar-refractivity contribution in [3.05, 3.63) is 54.1 Å². The highest BCUT2D eigenvalue weighted by Gasteiger charge is 2.15. The third kappa shape index (κ3) is 3.62. The smallest absolute Gasteiger partial charge is 0.277 e. The van der Waals surface area contributed by atoms with Crippen LogP contribution >= 0.6 is 11.3 Å². The third-order valence-electron chi connectivity index (χ3n) is 3.44. The summed E-state index contributed by atoms with van der Waals surface area (Å²) in [6, 6.07) is 8.23. The van der Waals surface area contributed by atoms with E-state index in [4.69, 9.17) is 0 Å². The SMILES string of the molecule is CC(C)(C)c1ccc(-c2nnc(NC(=O)c3cnccn3)s2)cc1. The molecule has 0 radical (unpaired) electrons. The molecule has 3 aromatic rings. The number of rotatable bonds is 3. The maximum atomic E-state index is 12.0. The number of carbonyl (C=O) groups is 1. The van der Waals surface area contributed by atoms with E-state index in [2.05, 4.69) is 58.4 Å². The van der Waals surface area contributed by atoms with Gasteiger partial charge in [-0.1, -0.05) is 56.4 Å². The molecule has 24 heavy (non-hydrogen) atoms. The van der Waals surface area contributed by atoms with Crippen LogP contribution in [-0.4, -0.2) is 26.1 Å². The lowest BCUT2D eigenvalue weighted by atomic mass is 9.87. The van der Waals surface area contributed by atoms with E-state index in [0.717, 1.165) is 10.6 Å². The first kappa shape index (κ1) is 16.2. The predicted octanol–water partition coefficient (Wildman–Crippen LogP) is 3.54. The van der Waals surface area contributed by atoms with Gasteiger partial charge in [0, 0.05) is 18.0 Å². The van der Waals surface area contributed by atoms with Crippen LogP contribution in [0.5, 0.6) is 0 Å². The van der Waals surface area contributed by atoms with Gasteiger partial charge in [0.2, 0.25) is 5.13 Å². The molecule has 0 saturated heterocycles. The summed E-state index contributed by atoms with van der Waals surface area (Å²) < 4.78 is 0. The van der Waals surface area contributed by atoms with E-state index in [1.807, 2.05) is 12.1 Å². The van der Waals surface area contributed by atoms with Crippen molar-refractivity contribution in [3.8, 4) is 10.6 Å². The molecule has 3 rings (SSSR count). The lowest BCUT2D eigenvalue weighted by Crippen LogP contribution is -2.13. The molecule has 0 bridgehead atoms. The molecule has 0 aliphatic carbocycles. The van der Waals surface area contributed by atoms with Crippen molar-refractivity contribution in [1.29, 1.82) is 0 Å². The topological polar surface area (TPSA) is 80.7 Å². The Morgan fingerprint density at radius 3 is 2.46 bits per heavy atom. The molecule has 1 amide bonds. The molecule has 2 heterocycles. The molecule has 6 nitrogen and oxygen atoms in total. The van der Waals surface area contributed by atoms with Gasteiger partial charge in [-0.3, -0.25) is 15.1 Å². The summed E-state index contributed by atoms with van der Waals surface area (Å²) in [6.07, 6.45) is 4.39. The Labute approximate surface area is 144 Å². The van der Waals surface area contributed by atoms with Crippen LogP contribution in [0.1, 0.15) is 36.8 Å². The second-order valence-corrected chi connectivity index (χ2v) is 7.26. The lowest BCUT2D eigenvalue weighted by Gasteiger charge is -2.18. The van der Waals surface area contributed by atoms with Gasteiger partial charge in [0.15, 0.2) is 0 Å². The van der Waals surface area contributed by atoms with Gasteiger partial charge in [-0.2, -0.15) is 0 Å². The van der Waals surface area contributed by atoms with Crippen molar-refractivity contribution in [3.63, 3.8) is 0 Å². The van der Waals surface area contributed by atoms with Crippen molar-refractivity contribution >= 4 is 22.4 Å². The number of nitrogens with one attached hydrogen (secondary N) is 1.